The van der Waals surface area contributed by atoms with Crippen LogP contribution in [0.3, 0.4) is 0 Å². The fourth-order valence-electron chi connectivity index (χ4n) is 4.39. The summed E-state index contributed by atoms with van der Waals surface area (Å²) in [7, 11) is 0. The van der Waals surface area contributed by atoms with Gasteiger partial charge in [0.15, 0.2) is 0 Å². The third kappa shape index (κ3) is 1.28. The summed E-state index contributed by atoms with van der Waals surface area (Å²) < 4.78 is 37.8. The van der Waals surface area contributed by atoms with E-state index in [2.05, 4.69) is 28.6 Å². The third-order valence-electron chi connectivity index (χ3n) is 5.17. The van der Waals surface area contributed by atoms with E-state index in [4.69, 9.17) is 0 Å². The summed E-state index contributed by atoms with van der Waals surface area (Å²) in [6.07, 6.45) is -3.37. The minimum absolute atomic E-state index is 0.363. The summed E-state index contributed by atoms with van der Waals surface area (Å²) in [6.45, 7) is 4.41. The molecule has 5 rings (SSSR count). The molecule has 21 heavy (non-hydrogen) atoms. The quantitative estimate of drug-likeness (QED) is 0.781. The Morgan fingerprint density at radius 1 is 1.05 bits per heavy atom. The minimum Gasteiger partial charge on any atom is -0.339 e. The Bertz CT molecular complexity index is 650. The molecule has 4 unspecified atom stereocenters. The summed E-state index contributed by atoms with van der Waals surface area (Å²) in [5, 5.41) is 0. The predicted octanol–water partition coefficient (Wildman–Crippen LogP) is 2.44. The first-order chi connectivity index (χ1) is 9.91. The second-order valence-corrected chi connectivity index (χ2v) is 6.54. The zero-order valence-electron chi connectivity index (χ0n) is 11.6. The number of aromatic nitrogens is 1. The van der Waals surface area contributed by atoms with Gasteiger partial charge < -0.3 is 4.90 Å². The lowest BCUT2D eigenvalue weighted by molar-refractivity contribution is -0.137. The van der Waals surface area contributed by atoms with E-state index in [9.17, 15) is 13.2 Å². The van der Waals surface area contributed by atoms with Gasteiger partial charge in [0.25, 0.3) is 0 Å². The number of anilines is 1. The van der Waals surface area contributed by atoms with Gasteiger partial charge in [0.1, 0.15) is 5.82 Å². The van der Waals surface area contributed by atoms with Crippen molar-refractivity contribution in [1.29, 1.82) is 0 Å². The highest BCUT2D eigenvalue weighted by molar-refractivity contribution is 5.79. The highest BCUT2D eigenvalue weighted by Gasteiger charge is 2.79. The van der Waals surface area contributed by atoms with E-state index < -0.39 is 11.7 Å². The summed E-state index contributed by atoms with van der Waals surface area (Å²) in [5.41, 5.74) is 2.35. The van der Waals surface area contributed by atoms with Crippen LogP contribution in [-0.4, -0.2) is 40.1 Å². The van der Waals surface area contributed by atoms with Crippen molar-refractivity contribution >= 4 is 5.82 Å². The van der Waals surface area contributed by atoms with Crippen molar-refractivity contribution in [2.24, 2.45) is 0 Å². The Hall–Kier alpha value is -1.56. The maximum absolute atomic E-state index is 12.6. The van der Waals surface area contributed by atoms with Crippen LogP contribution >= 0.6 is 0 Å². The van der Waals surface area contributed by atoms with E-state index in [1.165, 1.54) is 17.2 Å². The standard InChI is InChI=1S/C15H14F3N3/c1-6(2)20-11-9-10-12(20)14(10)21(13(9)11)8-4-3-7(5-19-8)15(16,17)18/h3-6,11-14H,1-2H3. The Morgan fingerprint density at radius 3 is 2.10 bits per heavy atom. The van der Waals surface area contributed by atoms with Gasteiger partial charge in [-0.1, -0.05) is 0 Å². The fraction of sp³-hybridized carbons (Fsp3) is 0.533. The van der Waals surface area contributed by atoms with Crippen molar-refractivity contribution in [2.45, 2.75) is 50.2 Å². The van der Waals surface area contributed by atoms with Gasteiger partial charge in [0.05, 0.1) is 29.7 Å². The summed E-state index contributed by atoms with van der Waals surface area (Å²) in [5.74, 6) is 0.680. The van der Waals surface area contributed by atoms with Crippen LogP contribution < -0.4 is 4.90 Å². The number of halogens is 3. The van der Waals surface area contributed by atoms with Crippen molar-refractivity contribution < 1.29 is 13.2 Å². The number of fused-ring (bicyclic) bond motifs is 2. The van der Waals surface area contributed by atoms with Crippen LogP contribution in [0.5, 0.6) is 0 Å². The van der Waals surface area contributed by atoms with Crippen LogP contribution in [-0.2, 0) is 6.18 Å². The Morgan fingerprint density at radius 2 is 1.67 bits per heavy atom. The molecule has 6 heteroatoms. The average molecular weight is 293 g/mol. The number of nitrogens with zero attached hydrogens (tertiary/aromatic N) is 3. The number of piperazine rings is 1. The Kier molecular flexibility index (Phi) is 1.87. The van der Waals surface area contributed by atoms with E-state index in [1.54, 1.807) is 0 Å². The smallest absolute Gasteiger partial charge is 0.339 e. The van der Waals surface area contributed by atoms with Gasteiger partial charge in [0, 0.05) is 12.2 Å². The molecule has 0 radical (unpaired) electrons. The van der Waals surface area contributed by atoms with Gasteiger partial charge in [-0.3, -0.25) is 4.90 Å². The van der Waals surface area contributed by atoms with Crippen molar-refractivity contribution in [1.82, 2.24) is 9.88 Å². The molecule has 0 N–H and O–H groups in total. The second-order valence-electron chi connectivity index (χ2n) is 6.54. The monoisotopic (exact) mass is 293 g/mol. The van der Waals surface area contributed by atoms with Crippen molar-refractivity contribution in [3.63, 3.8) is 0 Å². The zero-order chi connectivity index (χ0) is 14.7. The highest BCUT2D eigenvalue weighted by Crippen LogP contribution is 2.69. The third-order valence-corrected chi connectivity index (χ3v) is 5.17. The van der Waals surface area contributed by atoms with Gasteiger partial charge in [0.2, 0.25) is 0 Å². The van der Waals surface area contributed by atoms with Crippen LogP contribution in [0.4, 0.5) is 19.0 Å². The molecule has 2 fully saturated rings. The normalized spacial score (nSPS) is 35.8. The highest BCUT2D eigenvalue weighted by atomic mass is 19.4. The SMILES string of the molecule is CC(C)N1C2C3=C4C(C41)N(c1ccc(C(F)(F)F)cn1)C32. The van der Waals surface area contributed by atoms with E-state index in [0.29, 0.717) is 36.0 Å². The van der Waals surface area contributed by atoms with Crippen LogP contribution in [0.25, 0.3) is 0 Å². The molecule has 4 aliphatic rings. The molecule has 1 aromatic heterocycles. The zero-order valence-corrected chi connectivity index (χ0v) is 11.6. The molecule has 0 aromatic carbocycles. The molecule has 110 valence electrons. The van der Waals surface area contributed by atoms with Crippen LogP contribution in [0.1, 0.15) is 19.4 Å². The molecule has 0 saturated heterocycles. The van der Waals surface area contributed by atoms with E-state index in [1.807, 2.05) is 0 Å². The number of hydrogen-bond donors (Lipinski definition) is 0. The molecular formula is C15H14F3N3. The van der Waals surface area contributed by atoms with Crippen LogP contribution in [0, 0.1) is 0 Å². The summed E-state index contributed by atoms with van der Waals surface area (Å²) >= 11 is 0. The van der Waals surface area contributed by atoms with E-state index >= 15 is 0 Å². The molecule has 1 aromatic rings. The largest absolute Gasteiger partial charge is 0.417 e. The van der Waals surface area contributed by atoms with Crippen LogP contribution in [0.2, 0.25) is 0 Å². The van der Waals surface area contributed by atoms with Crippen LogP contribution in [0.15, 0.2) is 29.5 Å². The van der Waals surface area contributed by atoms with E-state index in [-0.39, 0.29) is 0 Å². The first-order valence-electron chi connectivity index (χ1n) is 7.24. The van der Waals surface area contributed by atoms with E-state index in [0.717, 1.165) is 12.3 Å². The molecule has 3 heterocycles. The molecule has 2 aliphatic heterocycles. The first kappa shape index (κ1) is 12.0. The fourth-order valence-corrected chi connectivity index (χ4v) is 4.39. The molecule has 2 aliphatic carbocycles. The molecule has 4 atom stereocenters. The van der Waals surface area contributed by atoms with Crippen molar-refractivity contribution in [2.75, 3.05) is 4.90 Å². The Labute approximate surface area is 120 Å². The van der Waals surface area contributed by atoms with Gasteiger partial charge in [-0.15, -0.1) is 0 Å². The molecule has 2 saturated carbocycles. The molecule has 3 nitrogen and oxygen atoms in total. The topological polar surface area (TPSA) is 19.4 Å². The molecule has 0 spiro atoms. The Balaban J connectivity index is 1.44. The van der Waals surface area contributed by atoms with Crippen molar-refractivity contribution in [3.8, 4) is 0 Å². The second kappa shape index (κ2) is 3.27. The lowest BCUT2D eigenvalue weighted by atomic mass is 10.2. The predicted molar refractivity (Wildman–Crippen MR) is 70.9 cm³/mol. The maximum atomic E-state index is 12.6. The number of pyridine rings is 1. The minimum atomic E-state index is -4.32. The number of rotatable bonds is 2. The summed E-state index contributed by atoms with van der Waals surface area (Å²) in [4.78, 5) is 8.83. The lowest BCUT2D eigenvalue weighted by Gasteiger charge is -2.35. The average Bonchev–Trinajstić information content (AvgIpc) is 3.25. The number of hydrogen-bond acceptors (Lipinski definition) is 3. The lowest BCUT2D eigenvalue weighted by Crippen LogP contribution is -2.49. The molecular weight excluding hydrogens is 279 g/mol. The van der Waals surface area contributed by atoms with Gasteiger partial charge >= 0.3 is 6.18 Å². The number of alkyl halides is 3. The van der Waals surface area contributed by atoms with Crippen molar-refractivity contribution in [3.05, 3.63) is 35.0 Å². The van der Waals surface area contributed by atoms with Gasteiger partial charge in [-0.25, -0.2) is 4.98 Å². The summed E-state index contributed by atoms with van der Waals surface area (Å²) in [6, 6.07) is 4.86. The first-order valence-corrected chi connectivity index (χ1v) is 7.24. The molecule has 0 bridgehead atoms. The maximum Gasteiger partial charge on any atom is 0.417 e. The van der Waals surface area contributed by atoms with Gasteiger partial charge in [-0.05, 0) is 37.1 Å². The van der Waals surface area contributed by atoms with Gasteiger partial charge in [-0.2, -0.15) is 13.2 Å². The molecule has 0 amide bonds.